The summed E-state index contributed by atoms with van der Waals surface area (Å²) in [5, 5.41) is 0. The molecule has 100 valence electrons. The molecule has 1 aromatic carbocycles. The first kappa shape index (κ1) is 13.4. The molecule has 2 rings (SSSR count). The van der Waals surface area contributed by atoms with Crippen LogP contribution in [-0.2, 0) is 15.9 Å². The van der Waals surface area contributed by atoms with E-state index in [1.807, 2.05) is 19.1 Å². The molecule has 1 aliphatic rings. The zero-order valence-corrected chi connectivity index (χ0v) is 11.4. The molecule has 0 amide bonds. The van der Waals surface area contributed by atoms with Gasteiger partial charge in [-0.2, -0.15) is 0 Å². The van der Waals surface area contributed by atoms with Gasteiger partial charge in [-0.05, 0) is 44.4 Å². The molecule has 1 saturated heterocycles. The molecular formula is C15H22O3. The third-order valence-corrected chi connectivity index (χ3v) is 3.41. The van der Waals surface area contributed by atoms with Gasteiger partial charge < -0.3 is 14.2 Å². The van der Waals surface area contributed by atoms with E-state index in [-0.39, 0.29) is 0 Å². The number of rotatable bonds is 4. The van der Waals surface area contributed by atoms with Crippen molar-refractivity contribution in [1.29, 1.82) is 0 Å². The number of hydrogen-bond donors (Lipinski definition) is 0. The van der Waals surface area contributed by atoms with Crippen LogP contribution in [0.2, 0.25) is 0 Å². The monoisotopic (exact) mass is 250 g/mol. The Morgan fingerprint density at radius 1 is 1.33 bits per heavy atom. The summed E-state index contributed by atoms with van der Waals surface area (Å²) in [5.41, 5.74) is 1.28. The van der Waals surface area contributed by atoms with Crippen molar-refractivity contribution in [2.75, 3.05) is 13.7 Å². The minimum absolute atomic E-state index is 0.291. The second kappa shape index (κ2) is 5.72. The standard InChI is InChI=1S/C15H22O3/c1-12-9-11-17-15(2,18-12)10-8-13-4-6-14(16-3)7-5-13/h4-7,12H,8-11H2,1-3H3/t12-,15+/m1/s1. The Morgan fingerprint density at radius 3 is 2.67 bits per heavy atom. The van der Waals surface area contributed by atoms with Crippen molar-refractivity contribution in [3.8, 4) is 5.75 Å². The van der Waals surface area contributed by atoms with Crippen molar-refractivity contribution < 1.29 is 14.2 Å². The predicted octanol–water partition coefficient (Wildman–Crippen LogP) is 3.17. The van der Waals surface area contributed by atoms with Gasteiger partial charge in [0.2, 0.25) is 0 Å². The average molecular weight is 250 g/mol. The van der Waals surface area contributed by atoms with Crippen LogP contribution in [0.15, 0.2) is 24.3 Å². The van der Waals surface area contributed by atoms with Crippen molar-refractivity contribution in [2.24, 2.45) is 0 Å². The number of methoxy groups -OCH3 is 1. The zero-order chi connectivity index (χ0) is 13.0. The molecule has 1 aliphatic heterocycles. The van der Waals surface area contributed by atoms with E-state index in [1.54, 1.807) is 7.11 Å². The van der Waals surface area contributed by atoms with Gasteiger partial charge in [0.25, 0.3) is 0 Å². The molecule has 1 heterocycles. The molecule has 0 aromatic heterocycles. The summed E-state index contributed by atoms with van der Waals surface area (Å²) in [4.78, 5) is 0. The summed E-state index contributed by atoms with van der Waals surface area (Å²) >= 11 is 0. The minimum atomic E-state index is -0.433. The highest BCUT2D eigenvalue weighted by molar-refractivity contribution is 5.27. The largest absolute Gasteiger partial charge is 0.497 e. The Hall–Kier alpha value is -1.06. The van der Waals surface area contributed by atoms with Gasteiger partial charge in [-0.25, -0.2) is 0 Å². The van der Waals surface area contributed by atoms with Crippen molar-refractivity contribution >= 4 is 0 Å². The highest BCUT2D eigenvalue weighted by atomic mass is 16.7. The van der Waals surface area contributed by atoms with Gasteiger partial charge in [0, 0.05) is 6.42 Å². The Labute approximate surface area is 109 Å². The fourth-order valence-electron chi connectivity index (χ4n) is 2.25. The molecule has 0 bridgehead atoms. The third kappa shape index (κ3) is 3.47. The van der Waals surface area contributed by atoms with Gasteiger partial charge in [-0.3, -0.25) is 0 Å². The Balaban J connectivity index is 1.89. The van der Waals surface area contributed by atoms with Crippen molar-refractivity contribution in [3.05, 3.63) is 29.8 Å². The Kier molecular flexibility index (Phi) is 4.25. The molecule has 2 atom stereocenters. The van der Waals surface area contributed by atoms with E-state index in [4.69, 9.17) is 14.2 Å². The second-order valence-corrected chi connectivity index (χ2v) is 5.05. The second-order valence-electron chi connectivity index (χ2n) is 5.05. The van der Waals surface area contributed by atoms with Gasteiger partial charge in [-0.1, -0.05) is 12.1 Å². The lowest BCUT2D eigenvalue weighted by molar-refractivity contribution is -0.282. The maximum atomic E-state index is 5.89. The fraction of sp³-hybridized carbons (Fsp3) is 0.600. The summed E-state index contributed by atoms with van der Waals surface area (Å²) in [5.74, 6) is 0.459. The molecule has 0 unspecified atom stereocenters. The Bertz CT molecular complexity index is 374. The van der Waals surface area contributed by atoms with Gasteiger partial charge in [0.1, 0.15) is 5.75 Å². The van der Waals surface area contributed by atoms with E-state index < -0.39 is 5.79 Å². The number of hydrogen-bond acceptors (Lipinski definition) is 3. The smallest absolute Gasteiger partial charge is 0.166 e. The van der Waals surface area contributed by atoms with E-state index in [0.29, 0.717) is 6.10 Å². The maximum absolute atomic E-state index is 5.89. The number of benzene rings is 1. The quantitative estimate of drug-likeness (QED) is 0.821. The van der Waals surface area contributed by atoms with Crippen LogP contribution in [0.4, 0.5) is 0 Å². The lowest BCUT2D eigenvalue weighted by Crippen LogP contribution is -2.41. The summed E-state index contributed by atoms with van der Waals surface area (Å²) in [6, 6.07) is 8.16. The molecule has 1 fully saturated rings. The first-order valence-corrected chi connectivity index (χ1v) is 6.56. The molecule has 1 aromatic rings. The molecule has 0 saturated carbocycles. The van der Waals surface area contributed by atoms with Gasteiger partial charge in [-0.15, -0.1) is 0 Å². The van der Waals surface area contributed by atoms with Crippen molar-refractivity contribution in [1.82, 2.24) is 0 Å². The van der Waals surface area contributed by atoms with E-state index in [2.05, 4.69) is 19.1 Å². The van der Waals surface area contributed by atoms with Crippen LogP contribution in [0.3, 0.4) is 0 Å². The van der Waals surface area contributed by atoms with Gasteiger partial charge >= 0.3 is 0 Å². The van der Waals surface area contributed by atoms with E-state index in [9.17, 15) is 0 Å². The fourth-order valence-corrected chi connectivity index (χ4v) is 2.25. The highest BCUT2D eigenvalue weighted by Crippen LogP contribution is 2.27. The lowest BCUT2D eigenvalue weighted by atomic mass is 10.0. The SMILES string of the molecule is COc1ccc(CC[C@@]2(C)OCC[C@@H](C)O2)cc1. The summed E-state index contributed by atoms with van der Waals surface area (Å²) < 4.78 is 16.8. The van der Waals surface area contributed by atoms with Crippen molar-refractivity contribution in [3.63, 3.8) is 0 Å². The summed E-state index contributed by atoms with van der Waals surface area (Å²) in [7, 11) is 1.68. The average Bonchev–Trinajstić information content (AvgIpc) is 2.37. The molecule has 18 heavy (non-hydrogen) atoms. The molecule has 3 nitrogen and oxygen atoms in total. The molecule has 0 spiro atoms. The van der Waals surface area contributed by atoms with Crippen molar-refractivity contribution in [2.45, 2.75) is 45.0 Å². The van der Waals surface area contributed by atoms with E-state index in [0.717, 1.165) is 31.6 Å². The van der Waals surface area contributed by atoms with Crippen LogP contribution in [0, 0.1) is 0 Å². The summed E-state index contributed by atoms with van der Waals surface area (Å²) in [6.07, 6.45) is 3.11. The van der Waals surface area contributed by atoms with Crippen LogP contribution in [-0.4, -0.2) is 25.6 Å². The van der Waals surface area contributed by atoms with Crippen LogP contribution < -0.4 is 4.74 Å². The predicted molar refractivity (Wildman–Crippen MR) is 70.8 cm³/mol. The third-order valence-electron chi connectivity index (χ3n) is 3.41. The summed E-state index contributed by atoms with van der Waals surface area (Å²) in [6.45, 7) is 4.93. The Morgan fingerprint density at radius 2 is 2.06 bits per heavy atom. The van der Waals surface area contributed by atoms with Crippen LogP contribution in [0.5, 0.6) is 5.75 Å². The van der Waals surface area contributed by atoms with Crippen LogP contribution in [0.1, 0.15) is 32.3 Å². The number of aryl methyl sites for hydroxylation is 1. The number of ether oxygens (including phenoxy) is 3. The van der Waals surface area contributed by atoms with Crippen LogP contribution >= 0.6 is 0 Å². The normalized spacial score (nSPS) is 28.1. The molecule has 3 heteroatoms. The van der Waals surface area contributed by atoms with Gasteiger partial charge in [0.15, 0.2) is 5.79 Å². The molecule has 0 aliphatic carbocycles. The topological polar surface area (TPSA) is 27.7 Å². The minimum Gasteiger partial charge on any atom is -0.497 e. The van der Waals surface area contributed by atoms with E-state index >= 15 is 0 Å². The maximum Gasteiger partial charge on any atom is 0.166 e. The first-order valence-electron chi connectivity index (χ1n) is 6.56. The van der Waals surface area contributed by atoms with E-state index in [1.165, 1.54) is 5.56 Å². The van der Waals surface area contributed by atoms with Gasteiger partial charge in [0.05, 0.1) is 19.8 Å². The molecular weight excluding hydrogens is 228 g/mol. The molecule has 0 N–H and O–H groups in total. The van der Waals surface area contributed by atoms with Crippen LogP contribution in [0.25, 0.3) is 0 Å². The molecule has 0 radical (unpaired) electrons. The first-order chi connectivity index (χ1) is 8.61. The highest BCUT2D eigenvalue weighted by Gasteiger charge is 2.31. The zero-order valence-electron chi connectivity index (χ0n) is 11.4. The lowest BCUT2D eigenvalue weighted by Gasteiger charge is -2.37.